The molecule has 0 radical (unpaired) electrons. The van der Waals surface area contributed by atoms with Crippen molar-refractivity contribution >= 4 is 46.2 Å². The number of nitrogens with one attached hydrogen (secondary N) is 3. The highest BCUT2D eigenvalue weighted by molar-refractivity contribution is 7.80. The zero-order valence-electron chi connectivity index (χ0n) is 15.4. The molecule has 1 amide bonds. The molecule has 0 atom stereocenters. The van der Waals surface area contributed by atoms with Crippen molar-refractivity contribution in [1.82, 2.24) is 5.32 Å². The summed E-state index contributed by atoms with van der Waals surface area (Å²) in [5.74, 6) is -0.514. The first-order valence-corrected chi connectivity index (χ1v) is 9.75. The summed E-state index contributed by atoms with van der Waals surface area (Å²) in [6.45, 7) is 0.628. The molecule has 148 valence electrons. The van der Waals surface area contributed by atoms with E-state index in [1.54, 1.807) is 48.5 Å². The number of hydrogen-bond donors (Lipinski definition) is 3. The summed E-state index contributed by atoms with van der Waals surface area (Å²) < 4.78 is 12.9. The fourth-order valence-electron chi connectivity index (χ4n) is 2.63. The number of hydrogen-bond acceptors (Lipinski definition) is 2. The maximum Gasteiger partial charge on any atom is 0.257 e. The highest BCUT2D eigenvalue weighted by Gasteiger charge is 2.09. The Hall–Kier alpha value is -2.96. The van der Waals surface area contributed by atoms with E-state index in [-0.39, 0.29) is 11.7 Å². The first-order valence-electron chi connectivity index (χ1n) is 8.96. The zero-order valence-corrected chi connectivity index (χ0v) is 17.0. The van der Waals surface area contributed by atoms with Gasteiger partial charge in [0.05, 0.1) is 10.6 Å². The number of amides is 1. The van der Waals surface area contributed by atoms with Crippen LogP contribution in [0.3, 0.4) is 0 Å². The van der Waals surface area contributed by atoms with Gasteiger partial charge in [0, 0.05) is 17.9 Å². The third-order valence-electron chi connectivity index (χ3n) is 4.13. The SMILES string of the molecule is O=C(Nc1ccc(NC(=S)NCCc2ccc(F)cc2)cc1)c1ccccc1Cl. The highest BCUT2D eigenvalue weighted by atomic mass is 35.5. The number of rotatable bonds is 6. The van der Waals surface area contributed by atoms with Gasteiger partial charge >= 0.3 is 0 Å². The van der Waals surface area contributed by atoms with Crippen LogP contribution >= 0.6 is 23.8 Å². The molecule has 0 aliphatic carbocycles. The van der Waals surface area contributed by atoms with Crippen LogP contribution in [-0.4, -0.2) is 17.6 Å². The van der Waals surface area contributed by atoms with Crippen LogP contribution < -0.4 is 16.0 Å². The molecular formula is C22H19ClFN3OS. The average Bonchev–Trinajstić information content (AvgIpc) is 2.71. The molecule has 7 heteroatoms. The summed E-state index contributed by atoms with van der Waals surface area (Å²) in [7, 11) is 0. The van der Waals surface area contributed by atoms with Crippen molar-refractivity contribution in [2.75, 3.05) is 17.2 Å². The summed E-state index contributed by atoms with van der Waals surface area (Å²) in [4.78, 5) is 12.3. The molecule has 3 rings (SSSR count). The summed E-state index contributed by atoms with van der Waals surface area (Å²) in [6.07, 6.45) is 0.731. The molecule has 0 aliphatic heterocycles. The minimum atomic E-state index is -0.269. The van der Waals surface area contributed by atoms with Gasteiger partial charge in [-0.05, 0) is 72.7 Å². The molecule has 4 nitrogen and oxygen atoms in total. The highest BCUT2D eigenvalue weighted by Crippen LogP contribution is 2.18. The van der Waals surface area contributed by atoms with Gasteiger partial charge in [-0.15, -0.1) is 0 Å². The minimum absolute atomic E-state index is 0.245. The molecule has 0 fully saturated rings. The van der Waals surface area contributed by atoms with Gasteiger partial charge in [0.25, 0.3) is 5.91 Å². The van der Waals surface area contributed by atoms with Crippen LogP contribution in [0.1, 0.15) is 15.9 Å². The maximum atomic E-state index is 12.9. The van der Waals surface area contributed by atoms with E-state index in [0.717, 1.165) is 17.7 Å². The summed E-state index contributed by atoms with van der Waals surface area (Å²) in [5, 5.41) is 9.89. The average molecular weight is 428 g/mol. The van der Waals surface area contributed by atoms with Crippen LogP contribution in [-0.2, 0) is 6.42 Å². The van der Waals surface area contributed by atoms with Gasteiger partial charge in [-0.2, -0.15) is 0 Å². The molecule has 3 aromatic carbocycles. The monoisotopic (exact) mass is 427 g/mol. The van der Waals surface area contributed by atoms with E-state index in [1.165, 1.54) is 12.1 Å². The predicted octanol–water partition coefficient (Wildman–Crippen LogP) is 5.26. The lowest BCUT2D eigenvalue weighted by atomic mass is 10.1. The number of thiocarbonyl (C=S) groups is 1. The van der Waals surface area contributed by atoms with Crippen molar-refractivity contribution < 1.29 is 9.18 Å². The molecule has 0 spiro atoms. The smallest absolute Gasteiger partial charge is 0.257 e. The third-order valence-corrected chi connectivity index (χ3v) is 4.71. The van der Waals surface area contributed by atoms with Gasteiger partial charge in [0.15, 0.2) is 5.11 Å². The zero-order chi connectivity index (χ0) is 20.6. The molecule has 0 saturated carbocycles. The Morgan fingerprint density at radius 2 is 1.52 bits per heavy atom. The second-order valence-corrected chi connectivity index (χ2v) is 7.08. The quantitative estimate of drug-likeness (QED) is 0.469. The Bertz CT molecular complexity index is 994. The first kappa shape index (κ1) is 20.8. The second kappa shape index (κ2) is 10.0. The molecule has 3 N–H and O–H groups in total. The summed E-state index contributed by atoms with van der Waals surface area (Å²) in [5.41, 5.74) is 2.89. The van der Waals surface area contributed by atoms with Crippen molar-refractivity contribution in [3.63, 3.8) is 0 Å². The van der Waals surface area contributed by atoms with Crippen LogP contribution in [0.2, 0.25) is 5.02 Å². The molecule has 0 heterocycles. The lowest BCUT2D eigenvalue weighted by molar-refractivity contribution is 0.102. The fraction of sp³-hybridized carbons (Fsp3) is 0.0909. The fourth-order valence-corrected chi connectivity index (χ4v) is 3.07. The predicted molar refractivity (Wildman–Crippen MR) is 120 cm³/mol. The van der Waals surface area contributed by atoms with E-state index in [0.29, 0.717) is 27.9 Å². The van der Waals surface area contributed by atoms with E-state index in [1.807, 2.05) is 12.1 Å². The molecule has 0 aromatic heterocycles. The third kappa shape index (κ3) is 6.27. The molecule has 0 unspecified atom stereocenters. The normalized spacial score (nSPS) is 10.3. The Balaban J connectivity index is 1.47. The van der Waals surface area contributed by atoms with Gasteiger partial charge < -0.3 is 16.0 Å². The molecule has 0 bridgehead atoms. The Morgan fingerprint density at radius 1 is 0.897 bits per heavy atom. The molecule has 3 aromatic rings. The van der Waals surface area contributed by atoms with Crippen molar-refractivity contribution in [1.29, 1.82) is 0 Å². The number of carbonyl (C=O) groups is 1. The molecule has 0 aliphatic rings. The standard InChI is InChI=1S/C22H19ClFN3OS/c23-20-4-2-1-3-19(20)21(28)26-17-9-11-18(12-10-17)27-22(29)25-14-13-15-5-7-16(24)8-6-15/h1-12H,13-14H2,(H,26,28)(H2,25,27,29). The summed E-state index contributed by atoms with van der Waals surface area (Å²) >= 11 is 11.3. The van der Waals surface area contributed by atoms with Crippen molar-refractivity contribution in [3.05, 3.63) is 94.8 Å². The lowest BCUT2D eigenvalue weighted by Gasteiger charge is -2.12. The van der Waals surface area contributed by atoms with Crippen molar-refractivity contribution in [3.8, 4) is 0 Å². The number of carbonyl (C=O) groups excluding carboxylic acids is 1. The van der Waals surface area contributed by atoms with Crippen LogP contribution in [0, 0.1) is 5.82 Å². The topological polar surface area (TPSA) is 53.2 Å². The van der Waals surface area contributed by atoms with Gasteiger partial charge in [0.1, 0.15) is 5.82 Å². The Labute approximate surface area is 179 Å². The van der Waals surface area contributed by atoms with E-state index >= 15 is 0 Å². The Morgan fingerprint density at radius 3 is 2.17 bits per heavy atom. The lowest BCUT2D eigenvalue weighted by Crippen LogP contribution is -2.30. The number of benzene rings is 3. The van der Waals surface area contributed by atoms with Gasteiger partial charge in [-0.3, -0.25) is 4.79 Å². The van der Waals surface area contributed by atoms with Crippen LogP contribution in [0.25, 0.3) is 0 Å². The molecule has 0 saturated heterocycles. The van der Waals surface area contributed by atoms with Gasteiger partial charge in [-0.1, -0.05) is 35.9 Å². The summed E-state index contributed by atoms with van der Waals surface area (Å²) in [6, 6.07) is 20.5. The van der Waals surface area contributed by atoms with E-state index < -0.39 is 0 Å². The van der Waals surface area contributed by atoms with E-state index in [4.69, 9.17) is 23.8 Å². The van der Waals surface area contributed by atoms with Crippen LogP contribution in [0.15, 0.2) is 72.8 Å². The van der Waals surface area contributed by atoms with Crippen molar-refractivity contribution in [2.45, 2.75) is 6.42 Å². The largest absolute Gasteiger partial charge is 0.362 e. The van der Waals surface area contributed by atoms with Gasteiger partial charge in [0.2, 0.25) is 0 Å². The molecule has 29 heavy (non-hydrogen) atoms. The van der Waals surface area contributed by atoms with Crippen LogP contribution in [0.5, 0.6) is 0 Å². The van der Waals surface area contributed by atoms with Crippen molar-refractivity contribution in [2.24, 2.45) is 0 Å². The maximum absolute atomic E-state index is 12.9. The molecular weight excluding hydrogens is 409 g/mol. The second-order valence-electron chi connectivity index (χ2n) is 6.27. The number of halogens is 2. The van der Waals surface area contributed by atoms with E-state index in [2.05, 4.69) is 16.0 Å². The Kier molecular flexibility index (Phi) is 7.16. The minimum Gasteiger partial charge on any atom is -0.362 e. The number of anilines is 2. The van der Waals surface area contributed by atoms with Gasteiger partial charge in [-0.25, -0.2) is 4.39 Å². The first-order chi connectivity index (χ1) is 14.0. The van der Waals surface area contributed by atoms with Crippen LogP contribution in [0.4, 0.5) is 15.8 Å². The van der Waals surface area contributed by atoms with E-state index in [9.17, 15) is 9.18 Å².